The maximum atomic E-state index is 10.2. The molecule has 1 aromatic rings. The summed E-state index contributed by atoms with van der Waals surface area (Å²) in [6.07, 6.45) is 16.8. The summed E-state index contributed by atoms with van der Waals surface area (Å²) in [4.78, 5) is 0. The van der Waals surface area contributed by atoms with Crippen molar-refractivity contribution in [3.8, 4) is 11.5 Å². The molecule has 0 aliphatic rings. The van der Waals surface area contributed by atoms with Gasteiger partial charge in [-0.25, -0.2) is 0 Å². The summed E-state index contributed by atoms with van der Waals surface area (Å²) in [5.74, 6) is 0.727. The third-order valence-corrected chi connectivity index (χ3v) is 4.94. The van der Waals surface area contributed by atoms with E-state index in [1.807, 2.05) is 0 Å². The zero-order valence-corrected chi connectivity index (χ0v) is 15.9. The Hall–Kier alpha value is -1.18. The molecule has 0 atom stereocenters. The van der Waals surface area contributed by atoms with Gasteiger partial charge in [-0.15, -0.1) is 0 Å². The first kappa shape index (κ1) is 20.9. The van der Waals surface area contributed by atoms with Gasteiger partial charge in [0.25, 0.3) is 0 Å². The van der Waals surface area contributed by atoms with Crippen LogP contribution in [-0.4, -0.2) is 10.2 Å². The van der Waals surface area contributed by atoms with E-state index in [9.17, 15) is 10.2 Å². The normalized spacial score (nSPS) is 11.1. The van der Waals surface area contributed by atoms with Crippen LogP contribution in [0.3, 0.4) is 0 Å². The highest BCUT2D eigenvalue weighted by Crippen LogP contribution is 2.32. The molecule has 0 fully saturated rings. The van der Waals surface area contributed by atoms with Crippen LogP contribution in [0.2, 0.25) is 0 Å². The van der Waals surface area contributed by atoms with Gasteiger partial charge < -0.3 is 10.2 Å². The molecule has 138 valence electrons. The molecular formula is C22H38O2. The molecule has 0 spiro atoms. The molecule has 1 aromatic carbocycles. The standard InChI is InChI=1S/C22H38O2/c1-3-5-7-9-11-13-15-19-20(22(24)18-17-21(19)23)16-14-12-10-8-6-4-2/h17-18,23-24H,3-16H2,1-2H3. The van der Waals surface area contributed by atoms with Crippen LogP contribution in [0.4, 0.5) is 0 Å². The van der Waals surface area contributed by atoms with Gasteiger partial charge in [-0.05, 0) is 37.8 Å². The van der Waals surface area contributed by atoms with Gasteiger partial charge in [-0.3, -0.25) is 0 Å². The lowest BCUT2D eigenvalue weighted by Gasteiger charge is -2.13. The highest BCUT2D eigenvalue weighted by molar-refractivity contribution is 5.47. The van der Waals surface area contributed by atoms with Crippen molar-refractivity contribution in [1.82, 2.24) is 0 Å². The third-order valence-electron chi connectivity index (χ3n) is 4.94. The average molecular weight is 335 g/mol. The van der Waals surface area contributed by atoms with Crippen LogP contribution in [0.5, 0.6) is 11.5 Å². The number of unbranched alkanes of at least 4 members (excludes halogenated alkanes) is 10. The quantitative estimate of drug-likeness (QED) is 0.287. The first-order valence-corrected chi connectivity index (χ1v) is 10.2. The highest BCUT2D eigenvalue weighted by Gasteiger charge is 2.12. The predicted molar refractivity (Wildman–Crippen MR) is 104 cm³/mol. The molecule has 0 unspecified atom stereocenters. The Balaban J connectivity index is 2.46. The number of aromatic hydroxyl groups is 2. The van der Waals surface area contributed by atoms with E-state index in [2.05, 4.69) is 13.8 Å². The molecule has 2 nitrogen and oxygen atoms in total. The smallest absolute Gasteiger partial charge is 0.119 e. The second kappa shape index (κ2) is 13.1. The summed E-state index contributed by atoms with van der Waals surface area (Å²) < 4.78 is 0. The minimum absolute atomic E-state index is 0.363. The van der Waals surface area contributed by atoms with E-state index in [0.717, 1.165) is 36.8 Å². The van der Waals surface area contributed by atoms with E-state index in [-0.39, 0.29) is 0 Å². The van der Waals surface area contributed by atoms with Gasteiger partial charge in [0.2, 0.25) is 0 Å². The fourth-order valence-corrected chi connectivity index (χ4v) is 3.39. The molecule has 0 aliphatic heterocycles. The highest BCUT2D eigenvalue weighted by atomic mass is 16.3. The molecule has 0 heterocycles. The molecule has 0 aromatic heterocycles. The van der Waals surface area contributed by atoms with Crippen LogP contribution in [0, 0.1) is 0 Å². The topological polar surface area (TPSA) is 40.5 Å². The van der Waals surface area contributed by atoms with Gasteiger partial charge in [0, 0.05) is 11.1 Å². The van der Waals surface area contributed by atoms with Crippen molar-refractivity contribution >= 4 is 0 Å². The molecule has 0 amide bonds. The summed E-state index contributed by atoms with van der Waals surface area (Å²) >= 11 is 0. The molecule has 0 bridgehead atoms. The summed E-state index contributed by atoms with van der Waals surface area (Å²) in [5, 5.41) is 20.4. The lowest BCUT2D eigenvalue weighted by Crippen LogP contribution is -1.97. The fraction of sp³-hybridized carbons (Fsp3) is 0.727. The van der Waals surface area contributed by atoms with Crippen molar-refractivity contribution in [2.75, 3.05) is 0 Å². The fourth-order valence-electron chi connectivity index (χ4n) is 3.39. The van der Waals surface area contributed by atoms with Crippen molar-refractivity contribution in [1.29, 1.82) is 0 Å². The van der Waals surface area contributed by atoms with Crippen LogP contribution in [-0.2, 0) is 12.8 Å². The van der Waals surface area contributed by atoms with Crippen molar-refractivity contribution in [3.63, 3.8) is 0 Å². The molecule has 0 saturated carbocycles. The van der Waals surface area contributed by atoms with E-state index in [4.69, 9.17) is 0 Å². The Morgan fingerprint density at radius 3 is 1.25 bits per heavy atom. The van der Waals surface area contributed by atoms with Gasteiger partial charge in [0.1, 0.15) is 11.5 Å². The number of phenolic OH excluding ortho intramolecular Hbond substituents is 2. The average Bonchev–Trinajstić information content (AvgIpc) is 2.58. The summed E-state index contributed by atoms with van der Waals surface area (Å²) in [6, 6.07) is 3.29. The Labute approximate surface area is 149 Å². The third kappa shape index (κ3) is 8.08. The number of hydrogen-bond donors (Lipinski definition) is 2. The number of hydrogen-bond acceptors (Lipinski definition) is 2. The zero-order chi connectivity index (χ0) is 17.6. The number of phenols is 2. The van der Waals surface area contributed by atoms with Crippen molar-refractivity contribution in [3.05, 3.63) is 23.3 Å². The van der Waals surface area contributed by atoms with Crippen molar-refractivity contribution in [2.45, 2.75) is 104 Å². The minimum atomic E-state index is 0.363. The maximum absolute atomic E-state index is 10.2. The van der Waals surface area contributed by atoms with Crippen LogP contribution >= 0.6 is 0 Å². The summed E-state index contributed by atoms with van der Waals surface area (Å²) in [7, 11) is 0. The Morgan fingerprint density at radius 2 is 0.875 bits per heavy atom. The van der Waals surface area contributed by atoms with E-state index in [1.165, 1.54) is 64.2 Å². The van der Waals surface area contributed by atoms with Crippen molar-refractivity contribution < 1.29 is 10.2 Å². The Morgan fingerprint density at radius 1 is 0.542 bits per heavy atom. The predicted octanol–water partition coefficient (Wildman–Crippen LogP) is 6.90. The maximum Gasteiger partial charge on any atom is 0.119 e. The summed E-state index contributed by atoms with van der Waals surface area (Å²) in [5.41, 5.74) is 1.97. The van der Waals surface area contributed by atoms with Crippen LogP contribution in [0.1, 0.15) is 102 Å². The molecule has 2 N–H and O–H groups in total. The Bertz CT molecular complexity index is 399. The van der Waals surface area contributed by atoms with Gasteiger partial charge in [-0.1, -0.05) is 78.1 Å². The summed E-state index contributed by atoms with van der Waals surface area (Å²) in [6.45, 7) is 4.47. The second-order valence-electron chi connectivity index (χ2n) is 7.10. The molecule has 2 heteroatoms. The number of benzene rings is 1. The lowest BCUT2D eigenvalue weighted by atomic mass is 9.94. The minimum Gasteiger partial charge on any atom is -0.508 e. The van der Waals surface area contributed by atoms with E-state index in [0.29, 0.717) is 11.5 Å². The molecule has 0 saturated heterocycles. The van der Waals surface area contributed by atoms with Crippen molar-refractivity contribution in [2.24, 2.45) is 0 Å². The Kier molecular flexibility index (Phi) is 11.4. The van der Waals surface area contributed by atoms with Gasteiger partial charge in [0.15, 0.2) is 0 Å². The molecule has 1 rings (SSSR count). The van der Waals surface area contributed by atoms with Gasteiger partial charge in [-0.2, -0.15) is 0 Å². The zero-order valence-electron chi connectivity index (χ0n) is 15.9. The molecule has 24 heavy (non-hydrogen) atoms. The van der Waals surface area contributed by atoms with E-state index >= 15 is 0 Å². The van der Waals surface area contributed by atoms with E-state index in [1.54, 1.807) is 12.1 Å². The van der Waals surface area contributed by atoms with Crippen LogP contribution < -0.4 is 0 Å². The van der Waals surface area contributed by atoms with Gasteiger partial charge in [0.05, 0.1) is 0 Å². The van der Waals surface area contributed by atoms with E-state index < -0.39 is 0 Å². The van der Waals surface area contributed by atoms with Crippen LogP contribution in [0.15, 0.2) is 12.1 Å². The molecular weight excluding hydrogens is 296 g/mol. The SMILES string of the molecule is CCCCCCCCc1c(O)ccc(O)c1CCCCCCCC. The molecule has 0 radical (unpaired) electrons. The monoisotopic (exact) mass is 334 g/mol. The first-order chi connectivity index (χ1) is 11.7. The molecule has 0 aliphatic carbocycles. The van der Waals surface area contributed by atoms with Crippen LogP contribution in [0.25, 0.3) is 0 Å². The largest absolute Gasteiger partial charge is 0.508 e. The second-order valence-corrected chi connectivity index (χ2v) is 7.10. The lowest BCUT2D eigenvalue weighted by molar-refractivity contribution is 0.444. The number of rotatable bonds is 14. The first-order valence-electron chi connectivity index (χ1n) is 10.2. The van der Waals surface area contributed by atoms with Gasteiger partial charge >= 0.3 is 0 Å².